The third-order valence-electron chi connectivity index (χ3n) is 4.99. The van der Waals surface area contributed by atoms with Crippen molar-refractivity contribution in [2.24, 2.45) is 0 Å². The van der Waals surface area contributed by atoms with Crippen LogP contribution < -0.4 is 14.8 Å². The Morgan fingerprint density at radius 3 is 2.80 bits per heavy atom. The molecule has 1 aliphatic rings. The van der Waals surface area contributed by atoms with Gasteiger partial charge in [0, 0.05) is 26.2 Å². The van der Waals surface area contributed by atoms with Crippen LogP contribution in [0, 0.1) is 11.3 Å². The summed E-state index contributed by atoms with van der Waals surface area (Å²) in [5.41, 5.74) is 3.73. The molecule has 0 atom stereocenters. The third-order valence-corrected chi connectivity index (χ3v) is 4.99. The molecule has 0 unspecified atom stereocenters. The van der Waals surface area contributed by atoms with Crippen molar-refractivity contribution in [3.63, 3.8) is 0 Å². The third kappa shape index (κ3) is 6.94. The highest BCUT2D eigenvalue weighted by atomic mass is 16.5. The van der Waals surface area contributed by atoms with Gasteiger partial charge in [0.15, 0.2) is 11.5 Å². The van der Waals surface area contributed by atoms with Crippen molar-refractivity contribution in [2.45, 2.75) is 26.2 Å². The molecule has 1 aromatic rings. The molecule has 1 aliphatic heterocycles. The van der Waals surface area contributed by atoms with Crippen molar-refractivity contribution in [1.29, 1.82) is 5.26 Å². The van der Waals surface area contributed by atoms with Gasteiger partial charge in [-0.3, -0.25) is 0 Å². The van der Waals surface area contributed by atoms with Crippen molar-refractivity contribution < 1.29 is 14.6 Å². The minimum atomic E-state index is 0.152. The number of ether oxygens (including phenoxy) is 2. The molecule has 1 aromatic carbocycles. The van der Waals surface area contributed by atoms with E-state index in [1.54, 1.807) is 7.11 Å². The molecule has 0 bridgehead atoms. The molecule has 162 valence electrons. The maximum Gasteiger partial charge on any atom is 0.161 e. The molecule has 6 nitrogen and oxygen atoms in total. The molecule has 0 saturated carbocycles. The van der Waals surface area contributed by atoms with Crippen LogP contribution in [-0.2, 0) is 0 Å². The average molecular weight is 412 g/mol. The van der Waals surface area contributed by atoms with E-state index in [9.17, 15) is 5.26 Å². The molecule has 2 rings (SSSR count). The number of aliphatic hydroxyl groups excluding tert-OH is 1. The Morgan fingerprint density at radius 2 is 2.10 bits per heavy atom. The Kier molecular flexibility index (Phi) is 9.99. The molecule has 2 N–H and O–H groups in total. The minimum absolute atomic E-state index is 0.152. The number of benzene rings is 1. The number of methoxy groups -OCH3 is 1. The smallest absolute Gasteiger partial charge is 0.161 e. The Morgan fingerprint density at radius 1 is 1.33 bits per heavy atom. The number of allylic oxidation sites excluding steroid dienone is 3. The second-order valence-corrected chi connectivity index (χ2v) is 7.28. The van der Waals surface area contributed by atoms with Gasteiger partial charge in [0.1, 0.15) is 12.7 Å². The van der Waals surface area contributed by atoms with Crippen LogP contribution in [0.5, 0.6) is 11.5 Å². The van der Waals surface area contributed by atoms with Crippen molar-refractivity contribution >= 4 is 0 Å². The summed E-state index contributed by atoms with van der Waals surface area (Å²) in [6, 6.07) is 9.94. The predicted molar refractivity (Wildman–Crippen MR) is 119 cm³/mol. The summed E-state index contributed by atoms with van der Waals surface area (Å²) >= 11 is 0. The molecule has 0 amide bonds. The van der Waals surface area contributed by atoms with Crippen LogP contribution in [0.3, 0.4) is 0 Å². The van der Waals surface area contributed by atoms with Gasteiger partial charge in [0.2, 0.25) is 0 Å². The monoisotopic (exact) mass is 411 g/mol. The summed E-state index contributed by atoms with van der Waals surface area (Å²) in [4.78, 5) is 2.16. The number of hydrogen-bond donors (Lipinski definition) is 2. The number of nitrogens with one attached hydrogen (secondary N) is 1. The van der Waals surface area contributed by atoms with Crippen molar-refractivity contribution in [3.8, 4) is 17.6 Å². The predicted octanol–water partition coefficient (Wildman–Crippen LogP) is 3.42. The topological polar surface area (TPSA) is 77.8 Å². The summed E-state index contributed by atoms with van der Waals surface area (Å²) in [5, 5.41) is 22.2. The Balaban J connectivity index is 1.82. The lowest BCUT2D eigenvalue weighted by atomic mass is 10.1. The van der Waals surface area contributed by atoms with Gasteiger partial charge < -0.3 is 24.8 Å². The number of para-hydroxylation sites is 2. The van der Waals surface area contributed by atoms with E-state index < -0.39 is 0 Å². The van der Waals surface area contributed by atoms with E-state index in [-0.39, 0.29) is 6.61 Å². The zero-order valence-corrected chi connectivity index (χ0v) is 18.1. The Bertz CT molecular complexity index is 808. The lowest BCUT2D eigenvalue weighted by Gasteiger charge is -2.20. The molecule has 6 heteroatoms. The second kappa shape index (κ2) is 12.7. The quantitative estimate of drug-likeness (QED) is 0.405. The molecular formula is C24H33N3O3. The van der Waals surface area contributed by atoms with Crippen molar-refractivity contribution in [2.75, 3.05) is 46.5 Å². The van der Waals surface area contributed by atoms with Crippen LogP contribution >= 0.6 is 0 Å². The highest BCUT2D eigenvalue weighted by Crippen LogP contribution is 2.30. The molecule has 1 fully saturated rings. The lowest BCUT2D eigenvalue weighted by molar-refractivity contribution is 0.261. The fraction of sp³-hybridized carbons (Fsp3) is 0.458. The van der Waals surface area contributed by atoms with E-state index in [0.717, 1.165) is 67.4 Å². The van der Waals surface area contributed by atoms with E-state index in [1.165, 1.54) is 0 Å². The molecular weight excluding hydrogens is 378 g/mol. The first kappa shape index (κ1) is 23.5. The normalized spacial score (nSPS) is 15.9. The summed E-state index contributed by atoms with van der Waals surface area (Å²) < 4.78 is 11.0. The molecule has 30 heavy (non-hydrogen) atoms. The molecule has 0 aliphatic carbocycles. The highest BCUT2D eigenvalue weighted by molar-refractivity contribution is 5.48. The van der Waals surface area contributed by atoms with E-state index >= 15 is 0 Å². The van der Waals surface area contributed by atoms with E-state index in [1.807, 2.05) is 37.3 Å². The first-order chi connectivity index (χ1) is 14.6. The zero-order chi connectivity index (χ0) is 21.8. The molecule has 0 radical (unpaired) electrons. The molecule has 0 aromatic heterocycles. The van der Waals surface area contributed by atoms with Gasteiger partial charge in [-0.15, -0.1) is 0 Å². The van der Waals surface area contributed by atoms with E-state index in [0.29, 0.717) is 18.6 Å². The first-order valence-electron chi connectivity index (χ1n) is 10.4. The van der Waals surface area contributed by atoms with Gasteiger partial charge in [0.25, 0.3) is 0 Å². The minimum Gasteiger partial charge on any atom is -0.493 e. The van der Waals surface area contributed by atoms with Gasteiger partial charge >= 0.3 is 0 Å². The van der Waals surface area contributed by atoms with Gasteiger partial charge in [0.05, 0.1) is 18.4 Å². The lowest BCUT2D eigenvalue weighted by Crippen LogP contribution is -2.22. The van der Waals surface area contributed by atoms with Crippen LogP contribution in [0.4, 0.5) is 0 Å². The van der Waals surface area contributed by atoms with E-state index in [2.05, 4.69) is 22.9 Å². The standard InChI is InChI=1S/C24H33N3O3/c1-19(9-11-26-12-16-30-23-8-5-4-7-22(23)29-3)17-21(18-25)24-20(2)10-14-27(24)13-6-15-28/h4-5,7-8,17,26,28H,2,6,9-16H2,1,3H3/b19-17+,24-21-. The number of rotatable bonds is 12. The first-order valence-corrected chi connectivity index (χ1v) is 10.4. The SMILES string of the molecule is C=C1CCN(CCCO)/C1=C(C#N)/C=C(\C)CCNCCOc1ccccc1OC. The second-order valence-electron chi connectivity index (χ2n) is 7.28. The van der Waals surface area contributed by atoms with Crippen LogP contribution in [0.2, 0.25) is 0 Å². The maximum absolute atomic E-state index is 9.68. The van der Waals surface area contributed by atoms with Crippen LogP contribution in [0.15, 0.2) is 59.3 Å². The Hall–Kier alpha value is -2.75. The largest absolute Gasteiger partial charge is 0.493 e. The molecule has 1 heterocycles. The number of nitrogens with zero attached hydrogens (tertiary/aromatic N) is 2. The number of nitriles is 1. The Labute approximate surface area is 180 Å². The van der Waals surface area contributed by atoms with Crippen molar-refractivity contribution in [1.82, 2.24) is 10.2 Å². The highest BCUT2D eigenvalue weighted by Gasteiger charge is 2.23. The number of aliphatic hydroxyl groups is 1. The van der Waals surface area contributed by atoms with Gasteiger partial charge in [-0.05, 0) is 56.5 Å². The molecule has 0 spiro atoms. The summed E-state index contributed by atoms with van der Waals surface area (Å²) in [5.74, 6) is 1.47. The number of hydrogen-bond acceptors (Lipinski definition) is 6. The van der Waals surface area contributed by atoms with Gasteiger partial charge in [-0.25, -0.2) is 0 Å². The van der Waals surface area contributed by atoms with E-state index in [4.69, 9.17) is 14.6 Å². The molecule has 1 saturated heterocycles. The summed E-state index contributed by atoms with van der Waals surface area (Å²) in [6.07, 6.45) is 4.37. The van der Waals surface area contributed by atoms with Crippen LogP contribution in [0.25, 0.3) is 0 Å². The number of likely N-dealkylation sites (tertiary alicyclic amines) is 1. The van der Waals surface area contributed by atoms with Gasteiger partial charge in [-0.2, -0.15) is 5.26 Å². The van der Waals surface area contributed by atoms with Gasteiger partial charge in [-0.1, -0.05) is 24.3 Å². The average Bonchev–Trinajstić information content (AvgIpc) is 3.13. The van der Waals surface area contributed by atoms with Crippen LogP contribution in [0.1, 0.15) is 26.2 Å². The fourth-order valence-corrected chi connectivity index (χ4v) is 3.42. The maximum atomic E-state index is 9.68. The fourth-order valence-electron chi connectivity index (χ4n) is 3.42. The zero-order valence-electron chi connectivity index (χ0n) is 18.1. The summed E-state index contributed by atoms with van der Waals surface area (Å²) in [7, 11) is 1.63. The van der Waals surface area contributed by atoms with Crippen LogP contribution in [-0.4, -0.2) is 56.5 Å². The van der Waals surface area contributed by atoms with Crippen molar-refractivity contribution in [3.05, 3.63) is 59.3 Å². The summed E-state index contributed by atoms with van der Waals surface area (Å²) in [6.45, 7) is 10.0.